The second-order valence-corrected chi connectivity index (χ2v) is 6.45. The number of allylic oxidation sites excluding steroid dienone is 2. The summed E-state index contributed by atoms with van der Waals surface area (Å²) >= 11 is 0. The van der Waals surface area contributed by atoms with Crippen LogP contribution in [0.5, 0.6) is 0 Å². The number of aliphatic hydroxyl groups excluding tert-OH is 1. The van der Waals surface area contributed by atoms with Gasteiger partial charge in [-0.1, -0.05) is 24.3 Å². The van der Waals surface area contributed by atoms with E-state index < -0.39 is 9.84 Å². The number of fused-ring (bicyclic) bond motifs is 1. The van der Waals surface area contributed by atoms with E-state index in [-0.39, 0.29) is 15.6 Å². The molecule has 0 fully saturated rings. The Labute approximate surface area is 116 Å². The molecule has 1 heterocycles. The number of H-pyrrole nitrogens is 1. The van der Waals surface area contributed by atoms with Gasteiger partial charge in [-0.25, -0.2) is 8.42 Å². The maximum absolute atomic E-state index is 12.6. The minimum absolute atomic E-state index is 0.206. The van der Waals surface area contributed by atoms with E-state index in [1.165, 1.54) is 6.20 Å². The Hall–Kier alpha value is -2.27. The first-order valence-electron chi connectivity index (χ1n) is 6.16. The lowest BCUT2D eigenvalue weighted by Crippen LogP contribution is -2.26. The average Bonchev–Trinajstić information content (AvgIpc) is 2.79. The first-order valence-corrected chi connectivity index (χ1v) is 7.65. The van der Waals surface area contributed by atoms with Gasteiger partial charge in [0, 0.05) is 23.2 Å². The fraction of sp³-hybridized carbons (Fsp3) is 0.0667. The molecule has 0 saturated carbocycles. The first-order chi connectivity index (χ1) is 9.59. The van der Waals surface area contributed by atoms with Crippen molar-refractivity contribution < 1.29 is 13.5 Å². The van der Waals surface area contributed by atoms with Crippen molar-refractivity contribution in [2.45, 2.75) is 16.2 Å². The number of sulfone groups is 1. The highest BCUT2D eigenvalue weighted by atomic mass is 32.2. The van der Waals surface area contributed by atoms with E-state index in [9.17, 15) is 13.5 Å². The maximum Gasteiger partial charge on any atom is 0.208 e. The van der Waals surface area contributed by atoms with Crippen LogP contribution in [0.4, 0.5) is 0 Å². The van der Waals surface area contributed by atoms with Gasteiger partial charge in [0.1, 0.15) is 0 Å². The lowest BCUT2D eigenvalue weighted by atomic mass is 10.3. The van der Waals surface area contributed by atoms with E-state index >= 15 is 0 Å². The van der Waals surface area contributed by atoms with Crippen molar-refractivity contribution in [1.29, 1.82) is 0 Å². The van der Waals surface area contributed by atoms with Crippen molar-refractivity contribution >= 4 is 22.0 Å². The molecule has 20 heavy (non-hydrogen) atoms. The summed E-state index contributed by atoms with van der Waals surface area (Å²) in [6.07, 6.45) is 6.78. The van der Waals surface area contributed by atoms with Crippen molar-refractivity contribution in [3.05, 3.63) is 58.9 Å². The van der Waals surface area contributed by atoms with Crippen molar-refractivity contribution in [3.8, 4) is 0 Å². The molecule has 102 valence electrons. The molecule has 0 spiro atoms. The van der Waals surface area contributed by atoms with E-state index in [2.05, 4.69) is 4.98 Å². The maximum atomic E-state index is 12.6. The Morgan fingerprint density at radius 2 is 1.85 bits per heavy atom. The van der Waals surface area contributed by atoms with E-state index in [1.54, 1.807) is 48.6 Å². The van der Waals surface area contributed by atoms with Gasteiger partial charge < -0.3 is 10.1 Å². The van der Waals surface area contributed by atoms with E-state index in [0.29, 0.717) is 17.0 Å². The molecule has 5 heteroatoms. The highest BCUT2D eigenvalue weighted by Crippen LogP contribution is 2.16. The van der Waals surface area contributed by atoms with Crippen LogP contribution in [0, 0.1) is 0 Å². The lowest BCUT2D eigenvalue weighted by Gasteiger charge is -2.01. The molecule has 0 aliphatic heterocycles. The fourth-order valence-corrected chi connectivity index (χ4v) is 3.65. The van der Waals surface area contributed by atoms with Crippen LogP contribution in [0.15, 0.2) is 58.2 Å². The summed E-state index contributed by atoms with van der Waals surface area (Å²) in [5.74, 6) is 0.206. The molecule has 2 aromatic rings. The zero-order valence-electron chi connectivity index (χ0n) is 10.6. The summed E-state index contributed by atoms with van der Waals surface area (Å²) < 4.78 is 25.3. The molecular weight excluding hydrogens is 274 g/mol. The fourth-order valence-electron chi connectivity index (χ4n) is 2.18. The van der Waals surface area contributed by atoms with Crippen LogP contribution in [-0.4, -0.2) is 18.5 Å². The van der Waals surface area contributed by atoms with Gasteiger partial charge in [-0.2, -0.15) is 0 Å². The molecular formula is C15H13NO3S. The van der Waals surface area contributed by atoms with Gasteiger partial charge in [0.05, 0.1) is 15.6 Å². The second kappa shape index (κ2) is 4.68. The molecule has 1 aromatic carbocycles. The lowest BCUT2D eigenvalue weighted by molar-refractivity contribution is 0.405. The Morgan fingerprint density at radius 3 is 2.60 bits per heavy atom. The van der Waals surface area contributed by atoms with Crippen LogP contribution in [0.1, 0.15) is 6.42 Å². The van der Waals surface area contributed by atoms with Crippen molar-refractivity contribution in [1.82, 2.24) is 4.98 Å². The predicted molar refractivity (Wildman–Crippen MR) is 76.2 cm³/mol. The smallest absolute Gasteiger partial charge is 0.208 e. The number of hydrogen-bond acceptors (Lipinski definition) is 3. The SMILES string of the molecule is O=S(=O)(c1ccccc1)c1c[nH]c2c1=CCC(O)=CC=2. The number of aromatic amines is 1. The molecule has 0 amide bonds. The van der Waals surface area contributed by atoms with Crippen molar-refractivity contribution in [2.24, 2.45) is 0 Å². The number of aliphatic hydroxyl groups is 1. The van der Waals surface area contributed by atoms with Crippen molar-refractivity contribution in [3.63, 3.8) is 0 Å². The quantitative estimate of drug-likeness (QED) is 0.873. The van der Waals surface area contributed by atoms with Gasteiger partial charge in [0.15, 0.2) is 0 Å². The Bertz CT molecular complexity index is 890. The number of hydrogen-bond donors (Lipinski definition) is 2. The molecule has 1 aromatic heterocycles. The average molecular weight is 287 g/mol. The number of nitrogens with one attached hydrogen (secondary N) is 1. The zero-order valence-corrected chi connectivity index (χ0v) is 11.4. The summed E-state index contributed by atoms with van der Waals surface area (Å²) in [6, 6.07) is 8.32. The van der Waals surface area contributed by atoms with Crippen LogP contribution in [0.2, 0.25) is 0 Å². The topological polar surface area (TPSA) is 70.2 Å². The molecule has 0 atom stereocenters. The summed E-state index contributed by atoms with van der Waals surface area (Å²) in [7, 11) is -3.56. The Balaban J connectivity index is 2.24. The molecule has 2 N–H and O–H groups in total. The minimum Gasteiger partial charge on any atom is -0.512 e. The van der Waals surface area contributed by atoms with Crippen LogP contribution in [0.25, 0.3) is 12.2 Å². The summed E-state index contributed by atoms with van der Waals surface area (Å²) in [5, 5.41) is 10.8. The molecule has 0 radical (unpaired) electrons. The minimum atomic E-state index is -3.56. The summed E-state index contributed by atoms with van der Waals surface area (Å²) in [5.41, 5.74) is 0. The summed E-state index contributed by atoms with van der Waals surface area (Å²) in [6.45, 7) is 0. The Kier molecular flexibility index (Phi) is 2.99. The molecule has 0 unspecified atom stereocenters. The van der Waals surface area contributed by atoms with Crippen LogP contribution < -0.4 is 10.6 Å². The van der Waals surface area contributed by atoms with Crippen molar-refractivity contribution in [2.75, 3.05) is 0 Å². The van der Waals surface area contributed by atoms with E-state index in [0.717, 1.165) is 0 Å². The molecule has 0 saturated heterocycles. The number of aromatic nitrogens is 1. The highest BCUT2D eigenvalue weighted by Gasteiger charge is 2.20. The third-order valence-corrected chi connectivity index (χ3v) is 5.02. The molecule has 1 aliphatic carbocycles. The number of benzene rings is 1. The van der Waals surface area contributed by atoms with E-state index in [4.69, 9.17) is 0 Å². The largest absolute Gasteiger partial charge is 0.512 e. The third kappa shape index (κ3) is 2.06. The van der Waals surface area contributed by atoms with Crippen LogP contribution in [0.3, 0.4) is 0 Å². The normalized spacial score (nSPS) is 14.5. The van der Waals surface area contributed by atoms with Crippen LogP contribution in [-0.2, 0) is 9.84 Å². The zero-order chi connectivity index (χ0) is 14.2. The van der Waals surface area contributed by atoms with Gasteiger partial charge in [-0.3, -0.25) is 0 Å². The molecule has 0 bridgehead atoms. The van der Waals surface area contributed by atoms with Crippen LogP contribution >= 0.6 is 0 Å². The molecule has 1 aliphatic rings. The highest BCUT2D eigenvalue weighted by molar-refractivity contribution is 7.91. The monoisotopic (exact) mass is 287 g/mol. The van der Waals surface area contributed by atoms with Gasteiger partial charge in [-0.15, -0.1) is 0 Å². The van der Waals surface area contributed by atoms with E-state index in [1.807, 2.05) is 0 Å². The second-order valence-electron chi connectivity index (χ2n) is 4.53. The van der Waals surface area contributed by atoms with Gasteiger partial charge in [0.25, 0.3) is 0 Å². The van der Waals surface area contributed by atoms with Gasteiger partial charge >= 0.3 is 0 Å². The standard InChI is InChI=1S/C15H13NO3S/c17-11-6-8-13-14(9-7-11)16-10-15(13)20(18,19)12-4-2-1-3-5-12/h1-5,7-10,16-17H,6H2. The predicted octanol–water partition coefficient (Wildman–Crippen LogP) is 1.25. The molecule has 4 nitrogen and oxygen atoms in total. The third-order valence-electron chi connectivity index (χ3n) is 3.22. The Morgan fingerprint density at radius 1 is 1.10 bits per heavy atom. The first kappa shape index (κ1) is 12.7. The molecule has 3 rings (SSSR count). The van der Waals surface area contributed by atoms with Gasteiger partial charge in [-0.05, 0) is 24.3 Å². The number of rotatable bonds is 2. The van der Waals surface area contributed by atoms with Gasteiger partial charge in [0.2, 0.25) is 9.84 Å². The summed E-state index contributed by atoms with van der Waals surface area (Å²) in [4.78, 5) is 3.44.